The minimum absolute atomic E-state index is 0.103. The molecule has 2 heterocycles. The van der Waals surface area contributed by atoms with Crippen molar-refractivity contribution in [3.8, 4) is 0 Å². The van der Waals surface area contributed by atoms with Gasteiger partial charge in [-0.1, -0.05) is 24.3 Å². The van der Waals surface area contributed by atoms with E-state index in [4.69, 9.17) is 0 Å². The quantitative estimate of drug-likeness (QED) is 0.669. The van der Waals surface area contributed by atoms with Crippen LogP contribution >= 0.6 is 0 Å². The number of hydrogen-bond donors (Lipinski definition) is 2. The fourth-order valence-corrected chi connectivity index (χ4v) is 2.48. The summed E-state index contributed by atoms with van der Waals surface area (Å²) in [7, 11) is 0. The summed E-state index contributed by atoms with van der Waals surface area (Å²) in [6.45, 7) is 4.08. The number of benzene rings is 1. The fraction of sp³-hybridized carbons (Fsp3) is 0.105. The summed E-state index contributed by atoms with van der Waals surface area (Å²) in [6.07, 6.45) is 3.23. The summed E-state index contributed by atoms with van der Waals surface area (Å²) in [5.41, 5.74) is 1.45. The van der Waals surface area contributed by atoms with Gasteiger partial charge >= 0.3 is 0 Å². The van der Waals surface area contributed by atoms with Crippen molar-refractivity contribution in [2.75, 3.05) is 6.54 Å². The molecule has 0 atom stereocenters. The van der Waals surface area contributed by atoms with Crippen LogP contribution in [-0.4, -0.2) is 27.7 Å². The van der Waals surface area contributed by atoms with E-state index in [9.17, 15) is 14.0 Å². The molecule has 3 rings (SSSR count). The molecular formula is C19H17FN4O2. The molecule has 26 heavy (non-hydrogen) atoms. The number of carbonyl (C=O) groups excluding carboxylic acids is 2. The maximum atomic E-state index is 12.9. The van der Waals surface area contributed by atoms with Gasteiger partial charge in [0, 0.05) is 19.3 Å². The maximum Gasteiger partial charge on any atom is 0.287 e. The molecule has 1 aromatic carbocycles. The summed E-state index contributed by atoms with van der Waals surface area (Å²) < 4.78 is 14.5. The molecule has 0 radical (unpaired) electrons. The molecule has 7 heteroatoms. The van der Waals surface area contributed by atoms with Crippen molar-refractivity contribution in [3.63, 3.8) is 0 Å². The highest BCUT2D eigenvalue weighted by molar-refractivity contribution is 6.02. The normalized spacial score (nSPS) is 10.5. The average molecular weight is 352 g/mol. The van der Waals surface area contributed by atoms with E-state index in [2.05, 4.69) is 22.2 Å². The molecule has 2 N–H and O–H groups in total. The van der Waals surface area contributed by atoms with Crippen LogP contribution in [-0.2, 0) is 6.54 Å². The predicted octanol–water partition coefficient (Wildman–Crippen LogP) is 2.32. The van der Waals surface area contributed by atoms with Crippen LogP contribution in [0.4, 0.5) is 4.39 Å². The van der Waals surface area contributed by atoms with Gasteiger partial charge in [-0.05, 0) is 29.8 Å². The molecule has 3 aromatic rings. The molecule has 132 valence electrons. The molecule has 0 saturated heterocycles. The van der Waals surface area contributed by atoms with Crippen LogP contribution in [0.2, 0.25) is 0 Å². The van der Waals surface area contributed by atoms with Crippen LogP contribution in [0.25, 0.3) is 5.52 Å². The van der Waals surface area contributed by atoms with Crippen molar-refractivity contribution in [1.29, 1.82) is 0 Å². The van der Waals surface area contributed by atoms with Gasteiger partial charge in [-0.15, -0.1) is 6.58 Å². The van der Waals surface area contributed by atoms with Gasteiger partial charge in [0.25, 0.3) is 11.8 Å². The van der Waals surface area contributed by atoms with E-state index in [1.165, 1.54) is 12.1 Å². The lowest BCUT2D eigenvalue weighted by molar-refractivity contribution is 0.0940. The number of aromatic nitrogens is 2. The lowest BCUT2D eigenvalue weighted by atomic mass is 10.2. The Morgan fingerprint density at radius 3 is 2.62 bits per heavy atom. The number of rotatable bonds is 6. The average Bonchev–Trinajstić information content (AvgIpc) is 3.05. The summed E-state index contributed by atoms with van der Waals surface area (Å²) in [5, 5.41) is 5.39. The number of carbonyl (C=O) groups is 2. The third kappa shape index (κ3) is 3.61. The Kier molecular flexibility index (Phi) is 5.07. The van der Waals surface area contributed by atoms with Crippen LogP contribution in [0.5, 0.6) is 0 Å². The molecule has 0 unspecified atom stereocenters. The second-order valence-corrected chi connectivity index (χ2v) is 5.55. The summed E-state index contributed by atoms with van der Waals surface area (Å²) in [4.78, 5) is 29.0. The van der Waals surface area contributed by atoms with Crippen LogP contribution in [0.1, 0.15) is 26.7 Å². The van der Waals surface area contributed by atoms with E-state index in [0.29, 0.717) is 12.1 Å². The van der Waals surface area contributed by atoms with Crippen molar-refractivity contribution >= 4 is 17.3 Å². The van der Waals surface area contributed by atoms with Crippen LogP contribution in [0.15, 0.2) is 61.3 Å². The van der Waals surface area contributed by atoms with Crippen molar-refractivity contribution < 1.29 is 14.0 Å². The Bertz CT molecular complexity index is 963. The van der Waals surface area contributed by atoms with Gasteiger partial charge in [0.15, 0.2) is 5.69 Å². The van der Waals surface area contributed by atoms with Crippen molar-refractivity contribution in [2.45, 2.75) is 6.54 Å². The van der Waals surface area contributed by atoms with Gasteiger partial charge in [0.05, 0.1) is 5.52 Å². The predicted molar refractivity (Wildman–Crippen MR) is 95.3 cm³/mol. The second kappa shape index (κ2) is 7.60. The Balaban J connectivity index is 1.84. The smallest absolute Gasteiger partial charge is 0.287 e. The largest absolute Gasteiger partial charge is 0.347 e. The third-order valence-electron chi connectivity index (χ3n) is 3.74. The fourth-order valence-electron chi connectivity index (χ4n) is 2.48. The van der Waals surface area contributed by atoms with Gasteiger partial charge in [-0.2, -0.15) is 0 Å². The first-order valence-electron chi connectivity index (χ1n) is 7.99. The third-order valence-corrected chi connectivity index (χ3v) is 3.74. The lowest BCUT2D eigenvalue weighted by Gasteiger charge is -2.04. The monoisotopic (exact) mass is 352 g/mol. The van der Waals surface area contributed by atoms with Gasteiger partial charge in [0.2, 0.25) is 5.82 Å². The van der Waals surface area contributed by atoms with Crippen LogP contribution in [0, 0.1) is 5.82 Å². The molecule has 0 aliphatic heterocycles. The zero-order valence-electron chi connectivity index (χ0n) is 13.9. The van der Waals surface area contributed by atoms with Gasteiger partial charge in [-0.25, -0.2) is 9.37 Å². The molecule has 0 aliphatic carbocycles. The highest BCUT2D eigenvalue weighted by Crippen LogP contribution is 2.13. The van der Waals surface area contributed by atoms with E-state index in [1.807, 2.05) is 0 Å². The van der Waals surface area contributed by atoms with Crippen molar-refractivity contribution in [3.05, 3.63) is 84.2 Å². The van der Waals surface area contributed by atoms with Crippen molar-refractivity contribution in [2.24, 2.45) is 0 Å². The molecular weight excluding hydrogens is 335 g/mol. The zero-order chi connectivity index (χ0) is 18.5. The summed E-state index contributed by atoms with van der Waals surface area (Å²) in [6, 6.07) is 11.1. The molecule has 2 amide bonds. The Hall–Kier alpha value is -3.48. The van der Waals surface area contributed by atoms with Crippen LogP contribution in [0.3, 0.4) is 0 Å². The van der Waals surface area contributed by atoms with Gasteiger partial charge < -0.3 is 10.6 Å². The highest BCUT2D eigenvalue weighted by Gasteiger charge is 2.20. The van der Waals surface area contributed by atoms with E-state index in [0.717, 1.165) is 5.56 Å². The Morgan fingerprint density at radius 2 is 1.88 bits per heavy atom. The number of pyridine rings is 1. The first-order valence-corrected chi connectivity index (χ1v) is 7.99. The molecule has 6 nitrogen and oxygen atoms in total. The summed E-state index contributed by atoms with van der Waals surface area (Å²) in [5.74, 6) is -1.05. The number of hydrogen-bond acceptors (Lipinski definition) is 3. The topological polar surface area (TPSA) is 75.5 Å². The van der Waals surface area contributed by atoms with E-state index >= 15 is 0 Å². The molecule has 0 bridgehead atoms. The van der Waals surface area contributed by atoms with Crippen molar-refractivity contribution in [1.82, 2.24) is 20.0 Å². The molecule has 0 fully saturated rings. The number of halogens is 1. The maximum absolute atomic E-state index is 12.9. The number of amides is 2. The van der Waals surface area contributed by atoms with Crippen LogP contribution < -0.4 is 10.6 Å². The lowest BCUT2D eigenvalue weighted by Crippen LogP contribution is -2.26. The number of fused-ring (bicyclic) bond motifs is 1. The molecule has 0 aliphatic rings. The molecule has 2 aromatic heterocycles. The number of imidazole rings is 1. The minimum Gasteiger partial charge on any atom is -0.347 e. The van der Waals surface area contributed by atoms with Gasteiger partial charge in [-0.3, -0.25) is 14.0 Å². The summed E-state index contributed by atoms with van der Waals surface area (Å²) >= 11 is 0. The number of nitrogens with zero attached hydrogens (tertiary/aromatic N) is 2. The van der Waals surface area contributed by atoms with E-state index in [1.54, 1.807) is 47.0 Å². The zero-order valence-corrected chi connectivity index (χ0v) is 13.9. The second-order valence-electron chi connectivity index (χ2n) is 5.55. The first-order chi connectivity index (χ1) is 12.6. The Labute approximate surface area is 149 Å². The highest BCUT2D eigenvalue weighted by atomic mass is 19.1. The standard InChI is InChI=1S/C19H17FN4O2/c1-2-10-21-18(25)16-15-5-3-4-11-24(15)17(23-16)19(26)22-12-13-6-8-14(20)9-7-13/h2-9,11H,1,10,12H2,(H,21,25)(H,22,26). The SMILES string of the molecule is C=CCNC(=O)c1nc(C(=O)NCc2ccc(F)cc2)n2ccccc12. The molecule has 0 spiro atoms. The van der Waals surface area contributed by atoms with Gasteiger partial charge in [0.1, 0.15) is 5.82 Å². The molecule has 0 saturated carbocycles. The van der Waals surface area contributed by atoms with E-state index in [-0.39, 0.29) is 29.8 Å². The number of nitrogens with one attached hydrogen (secondary N) is 2. The first kappa shape index (κ1) is 17.3. The van der Waals surface area contributed by atoms with E-state index < -0.39 is 5.91 Å². The Morgan fingerprint density at radius 1 is 1.12 bits per heavy atom. The minimum atomic E-state index is -0.432.